The van der Waals surface area contributed by atoms with Crippen LogP contribution in [0.2, 0.25) is 0 Å². The summed E-state index contributed by atoms with van der Waals surface area (Å²) in [5.74, 6) is 0.641. The molecule has 1 aromatic rings. The Morgan fingerprint density at radius 2 is 2.00 bits per heavy atom. The molecule has 1 saturated carbocycles. The van der Waals surface area contributed by atoms with Gasteiger partial charge in [0, 0.05) is 20.2 Å². The van der Waals surface area contributed by atoms with Crippen LogP contribution in [0.3, 0.4) is 0 Å². The van der Waals surface area contributed by atoms with Crippen LogP contribution in [-0.2, 0) is 11.2 Å². The topological polar surface area (TPSA) is 21.3 Å². The van der Waals surface area contributed by atoms with Crippen molar-refractivity contribution in [1.82, 2.24) is 5.32 Å². The maximum atomic E-state index is 13.0. The van der Waals surface area contributed by atoms with E-state index in [0.717, 1.165) is 32.0 Å². The van der Waals surface area contributed by atoms with Crippen molar-refractivity contribution < 1.29 is 9.13 Å². The molecule has 19 heavy (non-hydrogen) atoms. The maximum absolute atomic E-state index is 13.0. The number of hydrogen-bond donors (Lipinski definition) is 1. The Kier molecular flexibility index (Phi) is 4.94. The van der Waals surface area contributed by atoms with Crippen LogP contribution in [0.15, 0.2) is 24.3 Å². The molecule has 0 saturated heterocycles. The number of methoxy groups -OCH3 is 1. The van der Waals surface area contributed by atoms with Gasteiger partial charge in [0.05, 0.1) is 6.61 Å². The van der Waals surface area contributed by atoms with Gasteiger partial charge in [-0.05, 0) is 48.3 Å². The molecule has 1 fully saturated rings. The molecule has 0 heterocycles. The molecule has 0 aromatic heterocycles. The highest BCUT2D eigenvalue weighted by Crippen LogP contribution is 2.47. The molecule has 2 rings (SSSR count). The van der Waals surface area contributed by atoms with E-state index in [-0.39, 0.29) is 11.2 Å². The minimum Gasteiger partial charge on any atom is -0.383 e. The van der Waals surface area contributed by atoms with E-state index in [1.54, 1.807) is 19.2 Å². The Morgan fingerprint density at radius 1 is 1.32 bits per heavy atom. The lowest BCUT2D eigenvalue weighted by molar-refractivity contribution is 0.187. The number of halogens is 1. The fourth-order valence-corrected chi connectivity index (χ4v) is 2.75. The smallest absolute Gasteiger partial charge is 0.123 e. The first-order chi connectivity index (χ1) is 9.14. The van der Waals surface area contributed by atoms with E-state index in [1.165, 1.54) is 18.4 Å². The molecule has 1 N–H and O–H groups in total. The second-order valence-electron chi connectivity index (χ2n) is 5.90. The van der Waals surface area contributed by atoms with Crippen molar-refractivity contribution in [3.05, 3.63) is 35.6 Å². The average molecular weight is 265 g/mol. The van der Waals surface area contributed by atoms with Crippen LogP contribution in [-0.4, -0.2) is 26.8 Å². The lowest BCUT2D eigenvalue weighted by Gasteiger charge is -2.30. The third-order valence-corrected chi connectivity index (χ3v) is 4.10. The van der Waals surface area contributed by atoms with Crippen molar-refractivity contribution in [1.29, 1.82) is 0 Å². The lowest BCUT2D eigenvalue weighted by Crippen LogP contribution is -2.37. The van der Waals surface area contributed by atoms with E-state index < -0.39 is 0 Å². The summed E-state index contributed by atoms with van der Waals surface area (Å²) in [6, 6.07) is 6.93. The Balaban J connectivity index is 1.92. The molecule has 0 aliphatic heterocycles. The highest BCUT2D eigenvalue weighted by Gasteiger charge is 2.40. The molecule has 1 aromatic carbocycles. The monoisotopic (exact) mass is 265 g/mol. The summed E-state index contributed by atoms with van der Waals surface area (Å²) < 4.78 is 18.0. The number of hydrogen-bond acceptors (Lipinski definition) is 2. The molecule has 1 aliphatic carbocycles. The molecule has 3 heteroatoms. The van der Waals surface area contributed by atoms with E-state index in [4.69, 9.17) is 4.74 Å². The van der Waals surface area contributed by atoms with Gasteiger partial charge in [-0.25, -0.2) is 4.39 Å². The van der Waals surface area contributed by atoms with E-state index in [2.05, 4.69) is 12.2 Å². The third-order valence-electron chi connectivity index (χ3n) is 4.10. The Hall–Kier alpha value is -0.930. The first-order valence-corrected chi connectivity index (χ1v) is 7.08. The largest absolute Gasteiger partial charge is 0.383 e. The van der Waals surface area contributed by atoms with E-state index in [0.29, 0.717) is 0 Å². The van der Waals surface area contributed by atoms with Crippen LogP contribution in [0, 0.1) is 17.2 Å². The van der Waals surface area contributed by atoms with Crippen LogP contribution in [0.25, 0.3) is 0 Å². The van der Waals surface area contributed by atoms with E-state index in [1.807, 2.05) is 12.1 Å². The number of ether oxygens (including phenoxy) is 1. The zero-order chi connectivity index (χ0) is 13.7. The molecule has 106 valence electrons. The van der Waals surface area contributed by atoms with Gasteiger partial charge in [0.25, 0.3) is 0 Å². The van der Waals surface area contributed by atoms with Gasteiger partial charge in [-0.3, -0.25) is 0 Å². The zero-order valence-electron chi connectivity index (χ0n) is 11.9. The van der Waals surface area contributed by atoms with Crippen molar-refractivity contribution in [3.63, 3.8) is 0 Å². The molecule has 0 bridgehead atoms. The Morgan fingerprint density at radius 3 is 2.58 bits per heavy atom. The average Bonchev–Trinajstić information content (AvgIpc) is 3.22. The minimum absolute atomic E-state index is 0.157. The molecule has 1 atom stereocenters. The van der Waals surface area contributed by atoms with Gasteiger partial charge >= 0.3 is 0 Å². The minimum atomic E-state index is -0.157. The van der Waals surface area contributed by atoms with E-state index in [9.17, 15) is 4.39 Å². The number of nitrogens with one attached hydrogen (secondary N) is 1. The number of benzene rings is 1. The van der Waals surface area contributed by atoms with Crippen molar-refractivity contribution in [3.8, 4) is 0 Å². The summed E-state index contributed by atoms with van der Waals surface area (Å²) in [5.41, 5.74) is 1.50. The summed E-state index contributed by atoms with van der Waals surface area (Å²) in [5, 5.41) is 3.48. The number of rotatable bonds is 8. The first-order valence-electron chi connectivity index (χ1n) is 7.08. The SMILES string of the molecule is COCCNCC(C)(Cc1ccc(F)cc1)C1CC1. The highest BCUT2D eigenvalue weighted by atomic mass is 19.1. The van der Waals surface area contributed by atoms with Crippen LogP contribution in [0.1, 0.15) is 25.3 Å². The second-order valence-corrected chi connectivity index (χ2v) is 5.90. The quantitative estimate of drug-likeness (QED) is 0.730. The predicted molar refractivity (Wildman–Crippen MR) is 75.7 cm³/mol. The molecule has 0 amide bonds. The first kappa shape index (κ1) is 14.5. The highest BCUT2D eigenvalue weighted by molar-refractivity contribution is 5.18. The molecule has 2 nitrogen and oxygen atoms in total. The van der Waals surface area contributed by atoms with Gasteiger partial charge in [-0.2, -0.15) is 0 Å². The molecular weight excluding hydrogens is 241 g/mol. The Labute approximate surface area is 115 Å². The maximum Gasteiger partial charge on any atom is 0.123 e. The van der Waals surface area contributed by atoms with Gasteiger partial charge < -0.3 is 10.1 Å². The van der Waals surface area contributed by atoms with Crippen LogP contribution in [0.5, 0.6) is 0 Å². The van der Waals surface area contributed by atoms with Crippen molar-refractivity contribution >= 4 is 0 Å². The van der Waals surface area contributed by atoms with Crippen LogP contribution in [0.4, 0.5) is 4.39 Å². The summed E-state index contributed by atoms with van der Waals surface area (Å²) >= 11 is 0. The molecule has 1 unspecified atom stereocenters. The zero-order valence-corrected chi connectivity index (χ0v) is 11.9. The lowest BCUT2D eigenvalue weighted by atomic mass is 9.79. The van der Waals surface area contributed by atoms with Crippen LogP contribution < -0.4 is 5.32 Å². The molecular formula is C16H24FNO. The summed E-state index contributed by atoms with van der Waals surface area (Å²) in [4.78, 5) is 0. The van der Waals surface area contributed by atoms with Crippen molar-refractivity contribution in [2.75, 3.05) is 26.8 Å². The van der Waals surface area contributed by atoms with Crippen LogP contribution >= 0.6 is 0 Å². The van der Waals surface area contributed by atoms with Crippen molar-refractivity contribution in [2.24, 2.45) is 11.3 Å². The van der Waals surface area contributed by atoms with Gasteiger partial charge in [0.2, 0.25) is 0 Å². The normalized spacial score (nSPS) is 18.3. The fourth-order valence-electron chi connectivity index (χ4n) is 2.75. The fraction of sp³-hybridized carbons (Fsp3) is 0.625. The summed E-state index contributed by atoms with van der Waals surface area (Å²) in [6.07, 6.45) is 3.66. The molecule has 0 spiro atoms. The molecule has 1 aliphatic rings. The third kappa shape index (κ3) is 4.29. The van der Waals surface area contributed by atoms with Gasteiger partial charge in [-0.1, -0.05) is 19.1 Å². The van der Waals surface area contributed by atoms with Gasteiger partial charge in [0.15, 0.2) is 0 Å². The summed E-state index contributed by atoms with van der Waals surface area (Å²) in [6.45, 7) is 4.98. The standard InChI is InChI=1S/C16H24FNO/c1-16(14-5-6-14,12-18-9-10-19-2)11-13-3-7-15(17)8-4-13/h3-4,7-8,14,18H,5-6,9-12H2,1-2H3. The second kappa shape index (κ2) is 6.49. The predicted octanol–water partition coefficient (Wildman–Crippen LogP) is 3.02. The Bertz CT molecular complexity index is 388. The van der Waals surface area contributed by atoms with Gasteiger partial charge in [-0.15, -0.1) is 0 Å². The molecule has 0 radical (unpaired) electrons. The van der Waals surface area contributed by atoms with E-state index >= 15 is 0 Å². The van der Waals surface area contributed by atoms with Crippen molar-refractivity contribution in [2.45, 2.75) is 26.2 Å². The van der Waals surface area contributed by atoms with Gasteiger partial charge in [0.1, 0.15) is 5.82 Å². The summed E-state index contributed by atoms with van der Waals surface area (Å²) in [7, 11) is 1.72.